The van der Waals surface area contributed by atoms with Gasteiger partial charge in [0.15, 0.2) is 0 Å². The zero-order valence-electron chi connectivity index (χ0n) is 10.1. The number of hydrogen-bond donors (Lipinski definition) is 0. The fraction of sp³-hybridized carbons (Fsp3) is 0.250. The Balaban J connectivity index is 1.88. The second-order valence-corrected chi connectivity index (χ2v) is 4.82. The molecule has 2 unspecified atom stereocenters. The van der Waals surface area contributed by atoms with E-state index in [1.54, 1.807) is 0 Å². The second kappa shape index (κ2) is 4.34. The molecule has 0 aliphatic carbocycles. The molecule has 0 aromatic heterocycles. The number of hydrogen-bond acceptors (Lipinski definition) is 1. The first kappa shape index (κ1) is 10.5. The quantitative estimate of drug-likeness (QED) is 0.722. The summed E-state index contributed by atoms with van der Waals surface area (Å²) in [7, 11) is 2.18. The van der Waals surface area contributed by atoms with E-state index in [2.05, 4.69) is 66.5 Å². The van der Waals surface area contributed by atoms with E-state index in [0.29, 0.717) is 6.04 Å². The standard InChI is InChI=1S/C16H17N/c1-17-12-16(17)15-10-6-5-9-14(15)11-13-7-3-2-4-8-13/h2-10,16H,11-12H2,1H3. The molecule has 0 spiro atoms. The summed E-state index contributed by atoms with van der Waals surface area (Å²) in [6.45, 7) is 1.20. The monoisotopic (exact) mass is 223 g/mol. The lowest BCUT2D eigenvalue weighted by Gasteiger charge is -2.08. The van der Waals surface area contributed by atoms with Gasteiger partial charge in [0, 0.05) is 12.6 Å². The molecule has 1 nitrogen and oxygen atoms in total. The van der Waals surface area contributed by atoms with Crippen LogP contribution in [0, 0.1) is 0 Å². The highest BCUT2D eigenvalue weighted by molar-refractivity contribution is 5.37. The Bertz CT molecular complexity index is 504. The Hall–Kier alpha value is -1.60. The van der Waals surface area contributed by atoms with Gasteiger partial charge in [0.05, 0.1) is 0 Å². The van der Waals surface area contributed by atoms with Crippen LogP contribution in [-0.4, -0.2) is 18.5 Å². The summed E-state index contributed by atoms with van der Waals surface area (Å²) in [5.74, 6) is 0. The molecule has 1 aliphatic rings. The first-order valence-electron chi connectivity index (χ1n) is 6.16. The van der Waals surface area contributed by atoms with Gasteiger partial charge in [0.25, 0.3) is 0 Å². The number of benzene rings is 2. The van der Waals surface area contributed by atoms with Gasteiger partial charge in [-0.1, -0.05) is 54.6 Å². The summed E-state index contributed by atoms with van der Waals surface area (Å²) in [6.07, 6.45) is 1.04. The molecule has 1 fully saturated rings. The van der Waals surface area contributed by atoms with Gasteiger partial charge in [-0.15, -0.1) is 0 Å². The molecule has 0 amide bonds. The van der Waals surface area contributed by atoms with Crippen molar-refractivity contribution >= 4 is 0 Å². The van der Waals surface area contributed by atoms with Gasteiger partial charge in [-0.3, -0.25) is 4.90 Å². The highest BCUT2D eigenvalue weighted by Crippen LogP contribution is 2.35. The first-order chi connectivity index (χ1) is 8.34. The largest absolute Gasteiger partial charge is 0.296 e. The molecule has 86 valence electrons. The lowest BCUT2D eigenvalue weighted by molar-refractivity contribution is 0.629. The van der Waals surface area contributed by atoms with Crippen molar-refractivity contribution in [2.24, 2.45) is 0 Å². The summed E-state index contributed by atoms with van der Waals surface area (Å²) in [6, 6.07) is 20.2. The molecule has 17 heavy (non-hydrogen) atoms. The zero-order valence-corrected chi connectivity index (χ0v) is 10.1. The maximum absolute atomic E-state index is 2.38. The van der Waals surface area contributed by atoms with Crippen molar-refractivity contribution in [2.75, 3.05) is 13.6 Å². The van der Waals surface area contributed by atoms with E-state index in [0.717, 1.165) is 6.42 Å². The molecule has 2 atom stereocenters. The molecule has 0 bridgehead atoms. The normalized spacial score (nSPS) is 22.4. The number of nitrogens with zero attached hydrogens (tertiary/aromatic N) is 1. The zero-order chi connectivity index (χ0) is 11.7. The third kappa shape index (κ3) is 2.25. The molecule has 2 aromatic carbocycles. The summed E-state index contributed by atoms with van der Waals surface area (Å²) < 4.78 is 0. The maximum atomic E-state index is 2.38. The van der Waals surface area contributed by atoms with Crippen molar-refractivity contribution in [2.45, 2.75) is 12.5 Å². The Labute approximate surface area is 103 Å². The van der Waals surface area contributed by atoms with Crippen molar-refractivity contribution in [3.8, 4) is 0 Å². The fourth-order valence-corrected chi connectivity index (χ4v) is 2.40. The fourth-order valence-electron chi connectivity index (χ4n) is 2.40. The van der Waals surface area contributed by atoms with Crippen LogP contribution in [0.1, 0.15) is 22.7 Å². The summed E-state index contributed by atoms with van der Waals surface area (Å²) in [5, 5.41) is 0. The Morgan fingerprint density at radius 3 is 2.35 bits per heavy atom. The summed E-state index contributed by atoms with van der Waals surface area (Å²) in [4.78, 5) is 2.38. The average molecular weight is 223 g/mol. The molecule has 1 saturated heterocycles. The van der Waals surface area contributed by atoms with E-state index in [9.17, 15) is 0 Å². The van der Waals surface area contributed by atoms with Gasteiger partial charge in [-0.05, 0) is 30.2 Å². The minimum Gasteiger partial charge on any atom is -0.296 e. The molecular weight excluding hydrogens is 206 g/mol. The van der Waals surface area contributed by atoms with Gasteiger partial charge in [0.1, 0.15) is 0 Å². The Morgan fingerprint density at radius 1 is 1.00 bits per heavy atom. The van der Waals surface area contributed by atoms with Crippen LogP contribution in [0.3, 0.4) is 0 Å². The molecule has 2 aromatic rings. The maximum Gasteiger partial charge on any atom is 0.0475 e. The number of likely N-dealkylation sites (N-methyl/N-ethyl adjacent to an activating group) is 1. The van der Waals surface area contributed by atoms with E-state index in [4.69, 9.17) is 0 Å². The van der Waals surface area contributed by atoms with Gasteiger partial charge in [-0.2, -0.15) is 0 Å². The van der Waals surface area contributed by atoms with Crippen LogP contribution in [-0.2, 0) is 6.42 Å². The molecular formula is C16H17N. The van der Waals surface area contributed by atoms with Crippen molar-refractivity contribution in [1.82, 2.24) is 4.90 Å². The highest BCUT2D eigenvalue weighted by Gasteiger charge is 2.32. The van der Waals surface area contributed by atoms with Crippen LogP contribution in [0.5, 0.6) is 0 Å². The lowest BCUT2D eigenvalue weighted by Crippen LogP contribution is -1.96. The van der Waals surface area contributed by atoms with Crippen LogP contribution in [0.2, 0.25) is 0 Å². The van der Waals surface area contributed by atoms with E-state index in [1.807, 2.05) is 0 Å². The van der Waals surface area contributed by atoms with Gasteiger partial charge >= 0.3 is 0 Å². The van der Waals surface area contributed by atoms with E-state index >= 15 is 0 Å². The molecule has 0 N–H and O–H groups in total. The smallest absolute Gasteiger partial charge is 0.0475 e. The van der Waals surface area contributed by atoms with Crippen LogP contribution < -0.4 is 0 Å². The van der Waals surface area contributed by atoms with Crippen LogP contribution in [0.4, 0.5) is 0 Å². The predicted molar refractivity (Wildman–Crippen MR) is 71.1 cm³/mol. The Morgan fingerprint density at radius 2 is 1.65 bits per heavy atom. The van der Waals surface area contributed by atoms with Crippen LogP contribution >= 0.6 is 0 Å². The SMILES string of the molecule is CN1CC1c1ccccc1Cc1ccccc1. The molecule has 0 saturated carbocycles. The molecule has 3 rings (SSSR count). The topological polar surface area (TPSA) is 3.01 Å². The van der Waals surface area contributed by atoms with Crippen LogP contribution in [0.15, 0.2) is 54.6 Å². The molecule has 1 aliphatic heterocycles. The van der Waals surface area contributed by atoms with Crippen molar-refractivity contribution < 1.29 is 0 Å². The molecule has 1 heterocycles. The van der Waals surface area contributed by atoms with Gasteiger partial charge < -0.3 is 0 Å². The third-order valence-corrected chi connectivity index (χ3v) is 3.51. The summed E-state index contributed by atoms with van der Waals surface area (Å²) in [5.41, 5.74) is 4.36. The van der Waals surface area contributed by atoms with E-state index in [-0.39, 0.29) is 0 Å². The van der Waals surface area contributed by atoms with Crippen molar-refractivity contribution in [3.63, 3.8) is 0 Å². The third-order valence-electron chi connectivity index (χ3n) is 3.51. The lowest BCUT2D eigenvalue weighted by atomic mass is 9.98. The van der Waals surface area contributed by atoms with Crippen molar-refractivity contribution in [1.29, 1.82) is 0 Å². The first-order valence-corrected chi connectivity index (χ1v) is 6.16. The second-order valence-electron chi connectivity index (χ2n) is 4.82. The van der Waals surface area contributed by atoms with Crippen LogP contribution in [0.25, 0.3) is 0 Å². The summed E-state index contributed by atoms with van der Waals surface area (Å²) >= 11 is 0. The molecule has 0 radical (unpaired) electrons. The van der Waals surface area contributed by atoms with Crippen molar-refractivity contribution in [3.05, 3.63) is 71.3 Å². The molecule has 1 heteroatoms. The van der Waals surface area contributed by atoms with E-state index in [1.165, 1.54) is 23.2 Å². The minimum atomic E-state index is 0.648. The van der Waals surface area contributed by atoms with E-state index < -0.39 is 0 Å². The minimum absolute atomic E-state index is 0.648. The Kier molecular flexibility index (Phi) is 2.69. The van der Waals surface area contributed by atoms with Gasteiger partial charge in [0.2, 0.25) is 0 Å². The van der Waals surface area contributed by atoms with Gasteiger partial charge in [-0.25, -0.2) is 0 Å². The number of rotatable bonds is 3. The average Bonchev–Trinajstić information content (AvgIpc) is 3.08. The predicted octanol–water partition coefficient (Wildman–Crippen LogP) is 3.26. The highest BCUT2D eigenvalue weighted by atomic mass is 15.3.